The monoisotopic (exact) mass is 352 g/mol. The maximum absolute atomic E-state index is 5.68. The van der Waals surface area contributed by atoms with Crippen LogP contribution in [0.25, 0.3) is 0 Å². The quantitative estimate of drug-likeness (QED) is 0.522. The van der Waals surface area contributed by atoms with Crippen molar-refractivity contribution in [3.05, 3.63) is 12.7 Å². The molecule has 0 bridgehead atoms. The molecule has 25 heavy (non-hydrogen) atoms. The van der Waals surface area contributed by atoms with Crippen molar-refractivity contribution in [2.75, 3.05) is 26.4 Å². The highest BCUT2D eigenvalue weighted by molar-refractivity contribution is 4.75. The van der Waals surface area contributed by atoms with Gasteiger partial charge in [-0.15, -0.1) is 10.2 Å². The molecule has 2 aromatic heterocycles. The van der Waals surface area contributed by atoms with Gasteiger partial charge >= 0.3 is 0 Å². The van der Waals surface area contributed by atoms with Crippen molar-refractivity contribution < 1.29 is 9.47 Å². The Balaban J connectivity index is 1.49. The van der Waals surface area contributed by atoms with Gasteiger partial charge in [0, 0.05) is 26.4 Å². The number of hydrogen-bond donors (Lipinski definition) is 0. The third-order valence-corrected chi connectivity index (χ3v) is 4.23. The van der Waals surface area contributed by atoms with E-state index in [-0.39, 0.29) is 11.1 Å². The molecule has 2 aromatic rings. The summed E-state index contributed by atoms with van der Waals surface area (Å²) in [6.07, 6.45) is 5.82. The highest BCUT2D eigenvalue weighted by atomic mass is 16.5. The van der Waals surface area contributed by atoms with Crippen molar-refractivity contribution >= 4 is 0 Å². The van der Waals surface area contributed by atoms with Gasteiger partial charge in [0.25, 0.3) is 0 Å². The Kier molecular flexibility index (Phi) is 6.94. The minimum atomic E-state index is -0.151. The van der Waals surface area contributed by atoms with Gasteiger partial charge in [-0.25, -0.2) is 9.36 Å². The highest BCUT2D eigenvalue weighted by Crippen LogP contribution is 2.18. The lowest BCUT2D eigenvalue weighted by atomic mass is 10.0. The average molecular weight is 352 g/mol. The number of ether oxygens (including phenoxy) is 2. The second-order valence-corrected chi connectivity index (χ2v) is 7.21. The van der Waals surface area contributed by atoms with Crippen LogP contribution in [0.4, 0.5) is 0 Å². The summed E-state index contributed by atoms with van der Waals surface area (Å²) in [6, 6.07) is 0. The van der Waals surface area contributed by atoms with Crippen LogP contribution in [0, 0.1) is 0 Å². The van der Waals surface area contributed by atoms with Crippen molar-refractivity contribution in [1.29, 1.82) is 0 Å². The molecule has 0 fully saturated rings. The minimum Gasteiger partial charge on any atom is -0.381 e. The average Bonchev–Trinajstić information content (AvgIpc) is 3.26. The molecule has 140 valence electrons. The number of rotatable bonds is 12. The maximum atomic E-state index is 5.68. The van der Waals surface area contributed by atoms with Crippen LogP contribution in [0.2, 0.25) is 0 Å². The Morgan fingerprint density at radius 2 is 1.16 bits per heavy atom. The Hall–Kier alpha value is -1.94. The molecule has 0 unspecified atom stereocenters. The number of hydrogen-bond acceptors (Lipinski definition) is 8. The van der Waals surface area contributed by atoms with Crippen LogP contribution >= 0.6 is 0 Å². The van der Waals surface area contributed by atoms with Gasteiger partial charge in [-0.2, -0.15) is 0 Å². The van der Waals surface area contributed by atoms with E-state index >= 15 is 0 Å². The molecule has 10 heteroatoms. The van der Waals surface area contributed by atoms with E-state index in [1.165, 1.54) is 0 Å². The van der Waals surface area contributed by atoms with Gasteiger partial charge in [0.2, 0.25) is 0 Å². The van der Waals surface area contributed by atoms with Crippen LogP contribution in [0.3, 0.4) is 0 Å². The standard InChI is InChI=1S/C15H28N8O2/c1-14(2,22-12-16-18-20-22)6-10-24-8-5-9-25-11-7-15(3,4)23-13-17-19-21-23/h12-13H,5-11H2,1-4H3. The van der Waals surface area contributed by atoms with E-state index in [4.69, 9.17) is 9.47 Å². The predicted octanol–water partition coefficient (Wildman–Crippen LogP) is 1.03. The first-order chi connectivity index (χ1) is 11.9. The van der Waals surface area contributed by atoms with E-state index in [1.807, 2.05) is 0 Å². The Bertz CT molecular complexity index is 530. The zero-order valence-corrected chi connectivity index (χ0v) is 15.5. The van der Waals surface area contributed by atoms with Crippen molar-refractivity contribution in [2.24, 2.45) is 0 Å². The van der Waals surface area contributed by atoms with E-state index in [0.29, 0.717) is 26.4 Å². The smallest absolute Gasteiger partial charge is 0.138 e. The molecule has 0 aliphatic heterocycles. The molecule has 0 N–H and O–H groups in total. The summed E-state index contributed by atoms with van der Waals surface area (Å²) >= 11 is 0. The molecule has 0 atom stereocenters. The molecule has 10 nitrogen and oxygen atoms in total. The summed E-state index contributed by atoms with van der Waals surface area (Å²) < 4.78 is 14.9. The van der Waals surface area contributed by atoms with Crippen molar-refractivity contribution in [3.63, 3.8) is 0 Å². The molecule has 0 aromatic carbocycles. The van der Waals surface area contributed by atoms with Gasteiger partial charge in [-0.1, -0.05) is 0 Å². The molecule has 0 radical (unpaired) electrons. The van der Waals surface area contributed by atoms with E-state index in [1.54, 1.807) is 22.0 Å². The fourth-order valence-electron chi connectivity index (χ4n) is 2.22. The van der Waals surface area contributed by atoms with E-state index in [0.717, 1.165) is 19.3 Å². The number of aromatic nitrogens is 8. The molecule has 0 aliphatic carbocycles. The van der Waals surface area contributed by atoms with E-state index in [2.05, 4.69) is 58.7 Å². The molecule has 0 amide bonds. The largest absolute Gasteiger partial charge is 0.381 e. The van der Waals surface area contributed by atoms with Crippen LogP contribution in [-0.2, 0) is 20.6 Å². The molecule has 0 saturated carbocycles. The zero-order valence-electron chi connectivity index (χ0n) is 15.5. The third-order valence-electron chi connectivity index (χ3n) is 4.23. The van der Waals surface area contributed by atoms with Gasteiger partial charge in [0.15, 0.2) is 0 Å². The fraction of sp³-hybridized carbons (Fsp3) is 0.867. The maximum Gasteiger partial charge on any atom is 0.138 e. The summed E-state index contributed by atoms with van der Waals surface area (Å²) in [4.78, 5) is 0. The summed E-state index contributed by atoms with van der Waals surface area (Å²) in [5.74, 6) is 0. The van der Waals surface area contributed by atoms with Crippen molar-refractivity contribution in [3.8, 4) is 0 Å². The third kappa shape index (κ3) is 6.13. The molecular formula is C15H28N8O2. The van der Waals surface area contributed by atoms with E-state index < -0.39 is 0 Å². The lowest BCUT2D eigenvalue weighted by Crippen LogP contribution is -2.29. The molecule has 0 aliphatic rings. The van der Waals surface area contributed by atoms with Crippen LogP contribution < -0.4 is 0 Å². The molecular weight excluding hydrogens is 324 g/mol. The van der Waals surface area contributed by atoms with Crippen LogP contribution in [0.1, 0.15) is 47.0 Å². The van der Waals surface area contributed by atoms with E-state index in [9.17, 15) is 0 Å². The predicted molar refractivity (Wildman–Crippen MR) is 89.8 cm³/mol. The lowest BCUT2D eigenvalue weighted by molar-refractivity contribution is 0.0601. The summed E-state index contributed by atoms with van der Waals surface area (Å²) in [5.41, 5.74) is -0.302. The highest BCUT2D eigenvalue weighted by Gasteiger charge is 2.22. The molecule has 0 spiro atoms. The SMILES string of the molecule is CC(C)(CCOCCCOCCC(C)(C)n1cnnn1)n1cnnn1. The summed E-state index contributed by atoms with van der Waals surface area (Å²) in [7, 11) is 0. The first-order valence-corrected chi connectivity index (χ1v) is 8.54. The van der Waals surface area contributed by atoms with Crippen LogP contribution in [0.5, 0.6) is 0 Å². The second-order valence-electron chi connectivity index (χ2n) is 7.21. The summed E-state index contributed by atoms with van der Waals surface area (Å²) in [6.45, 7) is 11.0. The zero-order chi connectivity index (χ0) is 18.2. The number of nitrogens with zero attached hydrogens (tertiary/aromatic N) is 8. The topological polar surface area (TPSA) is 106 Å². The van der Waals surface area contributed by atoms with Gasteiger partial charge in [0.1, 0.15) is 12.7 Å². The fourth-order valence-corrected chi connectivity index (χ4v) is 2.22. The first-order valence-electron chi connectivity index (χ1n) is 8.54. The molecule has 2 rings (SSSR count). The lowest BCUT2D eigenvalue weighted by Gasteiger charge is -2.24. The van der Waals surface area contributed by atoms with Crippen LogP contribution in [-0.4, -0.2) is 66.8 Å². The van der Waals surface area contributed by atoms with Gasteiger partial charge in [0.05, 0.1) is 11.1 Å². The first kappa shape index (κ1) is 19.4. The van der Waals surface area contributed by atoms with Gasteiger partial charge < -0.3 is 9.47 Å². The minimum absolute atomic E-state index is 0.151. The summed E-state index contributed by atoms with van der Waals surface area (Å²) in [5, 5.41) is 22.6. The normalized spacial score (nSPS) is 12.6. The number of tetrazole rings is 2. The molecule has 0 saturated heterocycles. The van der Waals surface area contributed by atoms with Gasteiger partial charge in [-0.05, 0) is 67.8 Å². The second kappa shape index (κ2) is 8.95. The molecule has 2 heterocycles. The van der Waals surface area contributed by atoms with Crippen LogP contribution in [0.15, 0.2) is 12.7 Å². The Labute approximate surface area is 147 Å². The van der Waals surface area contributed by atoms with Gasteiger partial charge in [-0.3, -0.25) is 0 Å². The Morgan fingerprint density at radius 3 is 1.52 bits per heavy atom. The van der Waals surface area contributed by atoms with Crippen molar-refractivity contribution in [2.45, 2.75) is 58.0 Å². The Morgan fingerprint density at radius 1 is 0.720 bits per heavy atom. The van der Waals surface area contributed by atoms with Crippen molar-refractivity contribution in [1.82, 2.24) is 40.4 Å².